The van der Waals surface area contributed by atoms with E-state index in [1.165, 1.54) is 0 Å². The van der Waals surface area contributed by atoms with Crippen LogP contribution in [-0.2, 0) is 9.47 Å². The summed E-state index contributed by atoms with van der Waals surface area (Å²) in [5, 5.41) is 8.79. The molecule has 0 fully saturated rings. The SMILES string of the molecule is COC(=O)c1c[nH]c(C(=O)O)c1C(=O)OC. The second-order valence-electron chi connectivity index (χ2n) is 2.74. The summed E-state index contributed by atoms with van der Waals surface area (Å²) in [5.41, 5.74) is -0.930. The maximum absolute atomic E-state index is 11.3. The Morgan fingerprint density at radius 1 is 1.19 bits per heavy atom. The van der Waals surface area contributed by atoms with Gasteiger partial charge in [-0.1, -0.05) is 0 Å². The van der Waals surface area contributed by atoms with Crippen molar-refractivity contribution in [3.63, 3.8) is 0 Å². The third-order valence-corrected chi connectivity index (χ3v) is 1.89. The third kappa shape index (κ3) is 1.88. The summed E-state index contributed by atoms with van der Waals surface area (Å²) in [6, 6.07) is 0. The number of ether oxygens (including phenoxy) is 2. The highest BCUT2D eigenvalue weighted by atomic mass is 16.5. The Labute approximate surface area is 90.0 Å². The van der Waals surface area contributed by atoms with Gasteiger partial charge >= 0.3 is 17.9 Å². The van der Waals surface area contributed by atoms with E-state index in [0.29, 0.717) is 0 Å². The first kappa shape index (κ1) is 11.8. The molecule has 16 heavy (non-hydrogen) atoms. The van der Waals surface area contributed by atoms with Crippen molar-refractivity contribution in [1.82, 2.24) is 4.98 Å². The van der Waals surface area contributed by atoms with Crippen molar-refractivity contribution in [1.29, 1.82) is 0 Å². The molecule has 0 atom stereocenters. The van der Waals surface area contributed by atoms with Gasteiger partial charge in [0, 0.05) is 6.20 Å². The van der Waals surface area contributed by atoms with Crippen LogP contribution in [0.1, 0.15) is 31.2 Å². The van der Waals surface area contributed by atoms with Gasteiger partial charge in [-0.05, 0) is 0 Å². The molecular formula is C9H9NO6. The van der Waals surface area contributed by atoms with Gasteiger partial charge in [0.15, 0.2) is 0 Å². The van der Waals surface area contributed by atoms with Gasteiger partial charge in [0.2, 0.25) is 0 Å². The average Bonchev–Trinajstić information content (AvgIpc) is 2.71. The van der Waals surface area contributed by atoms with E-state index >= 15 is 0 Å². The van der Waals surface area contributed by atoms with Crippen molar-refractivity contribution >= 4 is 17.9 Å². The molecule has 0 amide bonds. The van der Waals surface area contributed by atoms with Crippen LogP contribution in [0.25, 0.3) is 0 Å². The van der Waals surface area contributed by atoms with E-state index in [1.807, 2.05) is 0 Å². The highest BCUT2D eigenvalue weighted by molar-refractivity contribution is 6.09. The highest BCUT2D eigenvalue weighted by Gasteiger charge is 2.27. The minimum atomic E-state index is -1.37. The normalized spacial score (nSPS) is 9.62. The van der Waals surface area contributed by atoms with Crippen LogP contribution in [0.3, 0.4) is 0 Å². The van der Waals surface area contributed by atoms with Crippen LogP contribution in [0, 0.1) is 0 Å². The van der Waals surface area contributed by atoms with Crippen LogP contribution in [0.5, 0.6) is 0 Å². The number of methoxy groups -OCH3 is 2. The number of rotatable bonds is 3. The molecule has 0 aliphatic carbocycles. The highest BCUT2D eigenvalue weighted by Crippen LogP contribution is 2.16. The minimum absolute atomic E-state index is 0.174. The van der Waals surface area contributed by atoms with Gasteiger partial charge in [-0.3, -0.25) is 0 Å². The number of hydrogen-bond acceptors (Lipinski definition) is 5. The zero-order valence-corrected chi connectivity index (χ0v) is 8.57. The van der Waals surface area contributed by atoms with E-state index in [-0.39, 0.29) is 11.1 Å². The van der Waals surface area contributed by atoms with E-state index < -0.39 is 23.6 Å². The molecule has 1 aromatic heterocycles. The zero-order chi connectivity index (χ0) is 12.3. The van der Waals surface area contributed by atoms with Crippen LogP contribution >= 0.6 is 0 Å². The van der Waals surface area contributed by atoms with Crippen molar-refractivity contribution in [2.24, 2.45) is 0 Å². The van der Waals surface area contributed by atoms with Crippen molar-refractivity contribution in [2.45, 2.75) is 0 Å². The van der Waals surface area contributed by atoms with Gasteiger partial charge in [0.1, 0.15) is 11.3 Å². The number of aromatic carboxylic acids is 1. The van der Waals surface area contributed by atoms with Crippen LogP contribution in [0.2, 0.25) is 0 Å². The van der Waals surface area contributed by atoms with E-state index in [4.69, 9.17) is 5.11 Å². The second-order valence-corrected chi connectivity index (χ2v) is 2.74. The van der Waals surface area contributed by atoms with Crippen LogP contribution < -0.4 is 0 Å². The summed E-state index contributed by atoms with van der Waals surface area (Å²) in [6.07, 6.45) is 1.08. The number of carboxylic acid groups (broad SMARTS) is 1. The lowest BCUT2D eigenvalue weighted by atomic mass is 10.1. The molecule has 0 aliphatic heterocycles. The largest absolute Gasteiger partial charge is 0.477 e. The molecule has 1 aromatic rings. The number of carbonyl (C=O) groups excluding carboxylic acids is 2. The molecule has 0 unspecified atom stereocenters. The molecule has 7 nitrogen and oxygen atoms in total. The predicted octanol–water partition coefficient (Wildman–Crippen LogP) is 0.286. The Balaban J connectivity index is 3.36. The first-order valence-corrected chi connectivity index (χ1v) is 4.14. The summed E-state index contributed by atoms with van der Waals surface area (Å²) < 4.78 is 8.80. The molecule has 1 rings (SSSR count). The van der Waals surface area contributed by atoms with Gasteiger partial charge in [0.05, 0.1) is 19.8 Å². The topological polar surface area (TPSA) is 106 Å². The summed E-state index contributed by atoms with van der Waals surface area (Å²) in [4.78, 5) is 35.7. The smallest absolute Gasteiger partial charge is 0.353 e. The fourth-order valence-corrected chi connectivity index (χ4v) is 1.18. The van der Waals surface area contributed by atoms with Gasteiger partial charge in [-0.15, -0.1) is 0 Å². The standard InChI is InChI=1S/C9H9NO6/c1-15-8(13)4-3-10-6(7(11)12)5(4)9(14)16-2/h3,10H,1-2H3,(H,11,12). The number of aromatic amines is 1. The number of nitrogens with one attached hydrogen (secondary N) is 1. The number of carbonyl (C=O) groups is 3. The maximum atomic E-state index is 11.3. The van der Waals surface area contributed by atoms with E-state index in [9.17, 15) is 14.4 Å². The summed E-state index contributed by atoms with van der Waals surface area (Å²) >= 11 is 0. The number of carboxylic acids is 1. The fraction of sp³-hybridized carbons (Fsp3) is 0.222. The molecule has 86 valence electrons. The lowest BCUT2D eigenvalue weighted by Gasteiger charge is -2.01. The lowest BCUT2D eigenvalue weighted by molar-refractivity contribution is 0.0550. The van der Waals surface area contributed by atoms with Crippen molar-refractivity contribution in [3.8, 4) is 0 Å². The monoisotopic (exact) mass is 227 g/mol. The Bertz CT molecular complexity index is 447. The molecule has 0 bridgehead atoms. The summed E-state index contributed by atoms with van der Waals surface area (Å²) in [7, 11) is 2.21. The van der Waals surface area contributed by atoms with E-state index in [2.05, 4.69) is 14.5 Å². The van der Waals surface area contributed by atoms with Crippen LogP contribution in [0.15, 0.2) is 6.20 Å². The van der Waals surface area contributed by atoms with Gasteiger partial charge in [0.25, 0.3) is 0 Å². The predicted molar refractivity (Wildman–Crippen MR) is 50.4 cm³/mol. The molecule has 1 heterocycles. The zero-order valence-electron chi connectivity index (χ0n) is 8.57. The van der Waals surface area contributed by atoms with Crippen LogP contribution in [-0.4, -0.2) is 42.2 Å². The molecule has 0 spiro atoms. The molecule has 0 saturated heterocycles. The third-order valence-electron chi connectivity index (χ3n) is 1.89. The Morgan fingerprint density at radius 3 is 2.19 bits per heavy atom. The number of H-pyrrole nitrogens is 1. The Morgan fingerprint density at radius 2 is 1.75 bits per heavy atom. The van der Waals surface area contributed by atoms with E-state index in [1.54, 1.807) is 0 Å². The fourth-order valence-electron chi connectivity index (χ4n) is 1.18. The number of esters is 2. The number of aromatic nitrogens is 1. The van der Waals surface area contributed by atoms with Crippen LogP contribution in [0.4, 0.5) is 0 Å². The van der Waals surface area contributed by atoms with Gasteiger partial charge < -0.3 is 19.6 Å². The quantitative estimate of drug-likeness (QED) is 0.718. The molecule has 7 heteroatoms. The van der Waals surface area contributed by atoms with Crippen molar-refractivity contribution in [2.75, 3.05) is 14.2 Å². The summed E-state index contributed by atoms with van der Waals surface area (Å²) in [5.74, 6) is -3.10. The van der Waals surface area contributed by atoms with Gasteiger partial charge in [-0.25, -0.2) is 14.4 Å². The average molecular weight is 227 g/mol. The second kappa shape index (κ2) is 4.47. The molecular weight excluding hydrogens is 218 g/mol. The lowest BCUT2D eigenvalue weighted by Crippen LogP contribution is -2.13. The molecule has 2 N–H and O–H groups in total. The summed E-state index contributed by atoms with van der Waals surface area (Å²) in [6.45, 7) is 0. The first-order valence-electron chi connectivity index (χ1n) is 4.14. The minimum Gasteiger partial charge on any atom is -0.477 e. The Hall–Kier alpha value is -2.31. The first-order chi connectivity index (χ1) is 7.52. The maximum Gasteiger partial charge on any atom is 0.353 e. The number of hydrogen-bond donors (Lipinski definition) is 2. The Kier molecular flexibility index (Phi) is 3.29. The molecule has 0 radical (unpaired) electrons. The van der Waals surface area contributed by atoms with E-state index in [0.717, 1.165) is 20.4 Å². The van der Waals surface area contributed by atoms with Gasteiger partial charge in [-0.2, -0.15) is 0 Å². The molecule has 0 aromatic carbocycles. The molecule has 0 aliphatic rings. The van der Waals surface area contributed by atoms with Crippen molar-refractivity contribution in [3.05, 3.63) is 23.0 Å². The molecule has 0 saturated carbocycles. The van der Waals surface area contributed by atoms with Crippen molar-refractivity contribution < 1.29 is 29.0 Å².